The highest BCUT2D eigenvalue weighted by atomic mass is 79.9. The standard InChI is InChI=1S/C12H4BrCl2FN2S/c13-5-3-6-10(7(16)4-5)17-12(18-11(6)15)8-1-2-9(14)19-8/h1-4H. The van der Waals surface area contributed by atoms with Crippen molar-refractivity contribution in [2.45, 2.75) is 0 Å². The van der Waals surface area contributed by atoms with E-state index in [4.69, 9.17) is 23.2 Å². The third-order valence-corrected chi connectivity index (χ3v) is 4.44. The number of hydrogen-bond donors (Lipinski definition) is 0. The molecule has 1 aromatic carbocycles. The van der Waals surface area contributed by atoms with E-state index in [1.165, 1.54) is 17.4 Å². The maximum Gasteiger partial charge on any atom is 0.171 e. The summed E-state index contributed by atoms with van der Waals surface area (Å²) < 4.78 is 15.1. The zero-order valence-electron chi connectivity index (χ0n) is 9.12. The molecule has 2 heterocycles. The normalized spacial score (nSPS) is 11.2. The lowest BCUT2D eigenvalue weighted by Gasteiger charge is -2.04. The molecule has 0 fully saturated rings. The lowest BCUT2D eigenvalue weighted by Crippen LogP contribution is -1.93. The molecule has 2 aromatic heterocycles. The molecule has 0 aliphatic carbocycles. The van der Waals surface area contributed by atoms with Crippen molar-refractivity contribution in [1.82, 2.24) is 9.97 Å². The van der Waals surface area contributed by atoms with Gasteiger partial charge in [-0.05, 0) is 24.3 Å². The summed E-state index contributed by atoms with van der Waals surface area (Å²) in [4.78, 5) is 9.15. The van der Waals surface area contributed by atoms with Crippen LogP contribution in [-0.4, -0.2) is 9.97 Å². The van der Waals surface area contributed by atoms with Gasteiger partial charge in [0, 0.05) is 9.86 Å². The monoisotopic (exact) mass is 376 g/mol. The lowest BCUT2D eigenvalue weighted by molar-refractivity contribution is 0.636. The van der Waals surface area contributed by atoms with Crippen LogP contribution in [0.25, 0.3) is 21.6 Å². The quantitative estimate of drug-likeness (QED) is 0.518. The number of halogens is 4. The predicted molar refractivity (Wildman–Crippen MR) is 80.5 cm³/mol. The van der Waals surface area contributed by atoms with Crippen LogP contribution in [0.3, 0.4) is 0 Å². The van der Waals surface area contributed by atoms with Gasteiger partial charge in [0.25, 0.3) is 0 Å². The molecule has 0 bridgehead atoms. The minimum absolute atomic E-state index is 0.197. The summed E-state index contributed by atoms with van der Waals surface area (Å²) >= 11 is 16.5. The molecule has 19 heavy (non-hydrogen) atoms. The van der Waals surface area contributed by atoms with E-state index in [0.717, 1.165) is 4.88 Å². The fraction of sp³-hybridized carbons (Fsp3) is 0. The van der Waals surface area contributed by atoms with Crippen molar-refractivity contribution in [3.8, 4) is 10.7 Å². The Morgan fingerprint density at radius 1 is 1.16 bits per heavy atom. The largest absolute Gasteiger partial charge is 0.224 e. The fourth-order valence-electron chi connectivity index (χ4n) is 1.67. The van der Waals surface area contributed by atoms with E-state index in [0.29, 0.717) is 20.0 Å². The smallest absolute Gasteiger partial charge is 0.171 e. The second kappa shape index (κ2) is 4.98. The molecule has 7 heteroatoms. The van der Waals surface area contributed by atoms with Crippen LogP contribution in [0.1, 0.15) is 0 Å². The fourth-order valence-corrected chi connectivity index (χ4v) is 3.30. The minimum atomic E-state index is -0.447. The van der Waals surface area contributed by atoms with Crippen molar-refractivity contribution in [1.29, 1.82) is 0 Å². The first-order valence-electron chi connectivity index (χ1n) is 5.12. The minimum Gasteiger partial charge on any atom is -0.224 e. The third-order valence-electron chi connectivity index (χ3n) is 2.47. The SMILES string of the molecule is Fc1cc(Br)cc2c(Cl)nc(-c3ccc(Cl)s3)nc12. The van der Waals surface area contributed by atoms with Gasteiger partial charge in [-0.1, -0.05) is 39.1 Å². The van der Waals surface area contributed by atoms with E-state index < -0.39 is 5.82 Å². The molecule has 0 saturated heterocycles. The molecular formula is C12H4BrCl2FN2S. The summed E-state index contributed by atoms with van der Waals surface area (Å²) in [6.07, 6.45) is 0. The average Bonchev–Trinajstić information content (AvgIpc) is 2.77. The van der Waals surface area contributed by atoms with Gasteiger partial charge in [0.15, 0.2) is 11.6 Å². The van der Waals surface area contributed by atoms with Crippen molar-refractivity contribution in [3.05, 3.63) is 44.0 Å². The van der Waals surface area contributed by atoms with Crippen LogP contribution in [-0.2, 0) is 0 Å². The van der Waals surface area contributed by atoms with Gasteiger partial charge >= 0.3 is 0 Å². The van der Waals surface area contributed by atoms with Crippen LogP contribution in [0.15, 0.2) is 28.7 Å². The Balaban J connectivity index is 2.30. The number of nitrogens with zero attached hydrogens (tertiary/aromatic N) is 2. The number of rotatable bonds is 1. The van der Waals surface area contributed by atoms with Crippen LogP contribution in [0, 0.1) is 5.82 Å². The number of aromatic nitrogens is 2. The summed E-state index contributed by atoms with van der Waals surface area (Å²) in [7, 11) is 0. The summed E-state index contributed by atoms with van der Waals surface area (Å²) in [6, 6.07) is 6.55. The number of hydrogen-bond acceptors (Lipinski definition) is 3. The van der Waals surface area contributed by atoms with E-state index in [2.05, 4.69) is 25.9 Å². The second-order valence-corrected chi connectivity index (χ2v) is 6.71. The van der Waals surface area contributed by atoms with E-state index in [1.54, 1.807) is 18.2 Å². The van der Waals surface area contributed by atoms with Gasteiger partial charge in [-0.25, -0.2) is 14.4 Å². The molecule has 0 spiro atoms. The van der Waals surface area contributed by atoms with Crippen LogP contribution < -0.4 is 0 Å². The van der Waals surface area contributed by atoms with Crippen molar-refractivity contribution in [3.63, 3.8) is 0 Å². The average molecular weight is 378 g/mol. The van der Waals surface area contributed by atoms with Crippen LogP contribution >= 0.6 is 50.5 Å². The molecule has 0 radical (unpaired) electrons. The Kier molecular flexibility index (Phi) is 3.47. The Hall–Kier alpha value is -0.750. The highest BCUT2D eigenvalue weighted by molar-refractivity contribution is 9.10. The third kappa shape index (κ3) is 2.48. The molecule has 0 amide bonds. The molecule has 3 rings (SSSR count). The first-order chi connectivity index (χ1) is 9.04. The highest BCUT2D eigenvalue weighted by Crippen LogP contribution is 2.33. The molecule has 0 atom stereocenters. The number of fused-ring (bicyclic) bond motifs is 1. The Labute approximate surface area is 130 Å². The van der Waals surface area contributed by atoms with Gasteiger partial charge in [-0.15, -0.1) is 11.3 Å². The molecule has 96 valence electrons. The zero-order valence-corrected chi connectivity index (χ0v) is 13.0. The maximum absolute atomic E-state index is 13.9. The van der Waals surface area contributed by atoms with Crippen LogP contribution in [0.4, 0.5) is 4.39 Å². The van der Waals surface area contributed by atoms with Crippen molar-refractivity contribution >= 4 is 61.4 Å². The van der Waals surface area contributed by atoms with E-state index in [1.807, 2.05) is 0 Å². The van der Waals surface area contributed by atoms with E-state index in [9.17, 15) is 4.39 Å². The number of benzene rings is 1. The molecular weight excluding hydrogens is 374 g/mol. The van der Waals surface area contributed by atoms with Gasteiger partial charge in [0.2, 0.25) is 0 Å². The predicted octanol–water partition coefficient (Wildman–Crippen LogP) is 5.57. The first kappa shape index (κ1) is 13.2. The Morgan fingerprint density at radius 3 is 2.63 bits per heavy atom. The summed E-state index contributed by atoms with van der Waals surface area (Å²) in [5.74, 6) is -0.0757. The molecule has 0 unspecified atom stereocenters. The summed E-state index contributed by atoms with van der Waals surface area (Å²) in [5.41, 5.74) is 0.197. The zero-order chi connectivity index (χ0) is 13.6. The van der Waals surface area contributed by atoms with Gasteiger partial charge in [-0.2, -0.15) is 0 Å². The van der Waals surface area contributed by atoms with Crippen molar-refractivity contribution in [2.24, 2.45) is 0 Å². The van der Waals surface area contributed by atoms with Gasteiger partial charge < -0.3 is 0 Å². The summed E-state index contributed by atoms with van der Waals surface area (Å²) in [6.45, 7) is 0. The van der Waals surface area contributed by atoms with Gasteiger partial charge in [0.05, 0.1) is 9.21 Å². The second-order valence-electron chi connectivity index (χ2n) is 3.73. The topological polar surface area (TPSA) is 25.8 Å². The molecule has 3 aromatic rings. The van der Waals surface area contributed by atoms with Crippen molar-refractivity contribution < 1.29 is 4.39 Å². The van der Waals surface area contributed by atoms with Crippen LogP contribution in [0.2, 0.25) is 9.49 Å². The highest BCUT2D eigenvalue weighted by Gasteiger charge is 2.13. The molecule has 0 aliphatic heterocycles. The maximum atomic E-state index is 13.9. The molecule has 0 N–H and O–H groups in total. The van der Waals surface area contributed by atoms with Gasteiger partial charge in [-0.3, -0.25) is 0 Å². The van der Waals surface area contributed by atoms with E-state index in [-0.39, 0.29) is 10.7 Å². The lowest BCUT2D eigenvalue weighted by atomic mass is 10.2. The Morgan fingerprint density at radius 2 is 1.95 bits per heavy atom. The molecule has 2 nitrogen and oxygen atoms in total. The van der Waals surface area contributed by atoms with Crippen LogP contribution in [0.5, 0.6) is 0 Å². The Bertz CT molecular complexity index is 791. The molecule has 0 saturated carbocycles. The van der Waals surface area contributed by atoms with Crippen molar-refractivity contribution in [2.75, 3.05) is 0 Å². The number of thiophene rings is 1. The van der Waals surface area contributed by atoms with E-state index >= 15 is 0 Å². The first-order valence-corrected chi connectivity index (χ1v) is 7.49. The molecule has 0 aliphatic rings. The van der Waals surface area contributed by atoms with Gasteiger partial charge in [0.1, 0.15) is 10.7 Å². The summed E-state index contributed by atoms with van der Waals surface area (Å²) in [5, 5.41) is 0.685.